The molecule has 2 nitrogen and oxygen atoms in total. The summed E-state index contributed by atoms with van der Waals surface area (Å²) in [6.45, 7) is 13.0. The summed E-state index contributed by atoms with van der Waals surface area (Å²) in [4.78, 5) is 2.45. The van der Waals surface area contributed by atoms with E-state index in [-0.39, 0.29) is 0 Å². The van der Waals surface area contributed by atoms with Gasteiger partial charge in [0.2, 0.25) is 0 Å². The molecule has 128 valence electrons. The van der Waals surface area contributed by atoms with Gasteiger partial charge in [-0.05, 0) is 19.0 Å². The van der Waals surface area contributed by atoms with Crippen LogP contribution in [0.2, 0.25) is 0 Å². The summed E-state index contributed by atoms with van der Waals surface area (Å²) in [5.74, 6) is 7.35. The first-order valence-electron chi connectivity index (χ1n) is 7.65. The summed E-state index contributed by atoms with van der Waals surface area (Å²) in [6, 6.07) is 0. The van der Waals surface area contributed by atoms with Crippen LogP contribution in [-0.2, 0) is 4.57 Å². The number of hydrogen-bond acceptors (Lipinski definition) is 6. The fourth-order valence-corrected chi connectivity index (χ4v) is 10.5. The Morgan fingerprint density at radius 1 is 0.952 bits per heavy atom. The van der Waals surface area contributed by atoms with E-state index in [0.29, 0.717) is 5.92 Å². The highest BCUT2D eigenvalue weighted by molar-refractivity contribution is 8.90. The Balaban J connectivity index is 3.45. The van der Waals surface area contributed by atoms with Gasteiger partial charge in [-0.3, -0.25) is 4.90 Å². The van der Waals surface area contributed by atoms with E-state index in [9.17, 15) is 4.57 Å². The van der Waals surface area contributed by atoms with Gasteiger partial charge in [0.15, 0.2) is 5.55 Å². The van der Waals surface area contributed by atoms with E-state index in [1.165, 1.54) is 11.5 Å². The highest BCUT2D eigenvalue weighted by atomic mass is 33.1. The van der Waals surface area contributed by atoms with Crippen LogP contribution in [0.1, 0.15) is 27.7 Å². The third kappa shape index (κ3) is 14.9. The Labute approximate surface area is 149 Å². The Bertz CT molecular complexity index is 288. The summed E-state index contributed by atoms with van der Waals surface area (Å²) >= 11 is 7.37. The van der Waals surface area contributed by atoms with Crippen molar-refractivity contribution in [3.05, 3.63) is 0 Å². The predicted octanol–water partition coefficient (Wildman–Crippen LogP) is 5.70. The quantitative estimate of drug-likeness (QED) is 0.214. The Morgan fingerprint density at radius 3 is 2.10 bits per heavy atom. The van der Waals surface area contributed by atoms with Crippen LogP contribution in [-0.4, -0.2) is 59.3 Å². The molecular weight excluding hydrogens is 357 g/mol. The van der Waals surface area contributed by atoms with Crippen molar-refractivity contribution >= 4 is 51.8 Å². The second kappa shape index (κ2) is 14.0. The first kappa shape index (κ1) is 22.6. The second-order valence-electron chi connectivity index (χ2n) is 5.25. The average molecular weight is 390 g/mol. The smallest absolute Gasteiger partial charge is 0.188 e. The van der Waals surface area contributed by atoms with E-state index in [4.69, 9.17) is 0 Å². The van der Waals surface area contributed by atoms with Crippen molar-refractivity contribution in [3.63, 3.8) is 0 Å². The third-order valence-corrected chi connectivity index (χ3v) is 13.1. The van der Waals surface area contributed by atoms with Crippen molar-refractivity contribution in [3.8, 4) is 0 Å². The normalized spacial score (nSPS) is 14.8. The molecule has 0 bridgehead atoms. The zero-order valence-corrected chi connectivity index (χ0v) is 18.3. The summed E-state index contributed by atoms with van der Waals surface area (Å²) in [5.41, 5.74) is -2.02. The number of thioether (sulfide) groups is 2. The van der Waals surface area contributed by atoms with Crippen LogP contribution >= 0.6 is 51.8 Å². The highest BCUT2D eigenvalue weighted by Gasteiger charge is 2.16. The molecule has 0 aliphatic rings. The van der Waals surface area contributed by atoms with Crippen LogP contribution in [0.15, 0.2) is 0 Å². The lowest BCUT2D eigenvalue weighted by molar-refractivity contribution is 0.358. The maximum atomic E-state index is 12.3. The molecule has 0 rings (SSSR count). The molecule has 0 aromatic heterocycles. The van der Waals surface area contributed by atoms with Crippen LogP contribution in [0.4, 0.5) is 0 Å². The monoisotopic (exact) mass is 389 g/mol. The van der Waals surface area contributed by atoms with Gasteiger partial charge in [0.25, 0.3) is 0 Å². The van der Waals surface area contributed by atoms with Gasteiger partial charge in [-0.1, -0.05) is 50.5 Å². The molecule has 0 aliphatic heterocycles. The van der Waals surface area contributed by atoms with Crippen molar-refractivity contribution in [2.45, 2.75) is 27.7 Å². The lowest BCUT2D eigenvalue weighted by atomic mass is 10.3. The third-order valence-electron chi connectivity index (χ3n) is 2.74. The molecule has 1 atom stereocenters. The molecule has 0 spiro atoms. The lowest BCUT2D eigenvalue weighted by Gasteiger charge is -2.17. The zero-order valence-electron chi connectivity index (χ0n) is 14.2. The minimum Gasteiger partial charge on any atom is -0.301 e. The largest absolute Gasteiger partial charge is 0.301 e. The first-order chi connectivity index (χ1) is 9.91. The van der Waals surface area contributed by atoms with Gasteiger partial charge in [-0.2, -0.15) is 11.8 Å². The summed E-state index contributed by atoms with van der Waals surface area (Å²) in [6.07, 6.45) is 0. The second-order valence-corrected chi connectivity index (χ2v) is 16.8. The fraction of sp³-hybridized carbons (Fsp3) is 1.00. The predicted molar refractivity (Wildman–Crippen MR) is 111 cm³/mol. The van der Waals surface area contributed by atoms with Crippen molar-refractivity contribution in [2.24, 2.45) is 5.92 Å². The van der Waals surface area contributed by atoms with Crippen LogP contribution in [0.5, 0.6) is 0 Å². The topological polar surface area (TPSA) is 20.3 Å². The van der Waals surface area contributed by atoms with E-state index < -0.39 is 5.55 Å². The molecule has 0 saturated heterocycles. The van der Waals surface area contributed by atoms with Crippen molar-refractivity contribution in [1.29, 1.82) is 0 Å². The van der Waals surface area contributed by atoms with Crippen molar-refractivity contribution in [1.82, 2.24) is 4.90 Å². The Morgan fingerprint density at radius 2 is 1.52 bits per heavy atom. The molecule has 0 N–H and O–H groups in total. The summed E-state index contributed by atoms with van der Waals surface area (Å²) in [7, 11) is 0. The van der Waals surface area contributed by atoms with E-state index in [1.54, 1.807) is 22.8 Å². The number of rotatable bonds is 14. The van der Waals surface area contributed by atoms with Gasteiger partial charge < -0.3 is 4.57 Å². The maximum Gasteiger partial charge on any atom is 0.188 e. The first-order valence-corrected chi connectivity index (χ1v) is 15.3. The van der Waals surface area contributed by atoms with Gasteiger partial charge in [0, 0.05) is 41.3 Å². The van der Waals surface area contributed by atoms with E-state index in [1.807, 2.05) is 30.2 Å². The van der Waals surface area contributed by atoms with E-state index >= 15 is 0 Å². The molecule has 0 aliphatic carbocycles. The molecule has 0 heterocycles. The molecule has 0 fully saturated rings. The highest BCUT2D eigenvalue weighted by Crippen LogP contribution is 2.66. The summed E-state index contributed by atoms with van der Waals surface area (Å²) in [5, 5.41) is 0. The molecule has 0 radical (unpaired) electrons. The van der Waals surface area contributed by atoms with Crippen LogP contribution in [0, 0.1) is 5.92 Å². The van der Waals surface area contributed by atoms with Gasteiger partial charge in [0.1, 0.15) is 0 Å². The number of nitrogens with zero attached hydrogens (tertiary/aromatic N) is 1. The van der Waals surface area contributed by atoms with Crippen LogP contribution in [0.3, 0.4) is 0 Å². The Kier molecular flexibility index (Phi) is 15.0. The molecule has 1 unspecified atom stereocenters. The van der Waals surface area contributed by atoms with Crippen molar-refractivity contribution in [2.75, 3.05) is 54.4 Å². The molecule has 21 heavy (non-hydrogen) atoms. The summed E-state index contributed by atoms with van der Waals surface area (Å²) < 4.78 is 12.3. The molecular formula is C14H32NOPS4. The molecule has 0 amide bonds. The molecule has 0 saturated carbocycles. The molecule has 7 heteroatoms. The van der Waals surface area contributed by atoms with E-state index in [0.717, 1.165) is 36.2 Å². The molecule has 0 aromatic rings. The number of hydrogen-bond donors (Lipinski definition) is 0. The minimum absolute atomic E-state index is 0.626. The van der Waals surface area contributed by atoms with Crippen LogP contribution < -0.4 is 0 Å². The van der Waals surface area contributed by atoms with Gasteiger partial charge >= 0.3 is 0 Å². The SMILES string of the molecule is CCN(CC)CSCCSCCSP(C)(=O)SCC(C)C. The standard InChI is InChI=1S/C14H32NOPS4/c1-6-15(7-2)13-19-9-8-18-10-11-20-17(5,16)21-12-14(3)4/h14H,6-13H2,1-5H3. The van der Waals surface area contributed by atoms with E-state index in [2.05, 4.69) is 32.6 Å². The van der Waals surface area contributed by atoms with Gasteiger partial charge in [-0.25, -0.2) is 0 Å². The van der Waals surface area contributed by atoms with Crippen LogP contribution in [0.25, 0.3) is 0 Å². The zero-order chi connectivity index (χ0) is 16.1. The van der Waals surface area contributed by atoms with Gasteiger partial charge in [-0.15, -0.1) is 11.8 Å². The Hall–Kier alpha value is 1.59. The van der Waals surface area contributed by atoms with Gasteiger partial charge in [0.05, 0.1) is 0 Å². The maximum absolute atomic E-state index is 12.3. The fourth-order valence-electron chi connectivity index (χ4n) is 1.40. The minimum atomic E-state index is -2.02. The lowest BCUT2D eigenvalue weighted by Crippen LogP contribution is -2.22. The molecule has 0 aromatic carbocycles. The average Bonchev–Trinajstić information content (AvgIpc) is 2.44. The van der Waals surface area contributed by atoms with Crippen molar-refractivity contribution < 1.29 is 4.57 Å².